The molecule has 0 bridgehead atoms. The maximum Gasteiger partial charge on any atom is 0.218 e. The van der Waals surface area contributed by atoms with Gasteiger partial charge in [-0.2, -0.15) is 15.2 Å². The number of H-pyrrole nitrogens is 1. The van der Waals surface area contributed by atoms with E-state index in [1.54, 1.807) is 24.1 Å². The molecule has 9 heteroatoms. The first kappa shape index (κ1) is 18.9. The van der Waals surface area contributed by atoms with Crippen molar-refractivity contribution in [3.63, 3.8) is 0 Å². The molecule has 0 aliphatic heterocycles. The Hall–Kier alpha value is -3.46. The molecule has 0 unspecified atom stereocenters. The van der Waals surface area contributed by atoms with Crippen LogP contribution >= 0.6 is 0 Å². The number of nitrogens with one attached hydrogen (secondary N) is 1. The molecule has 9 nitrogen and oxygen atoms in total. The van der Waals surface area contributed by atoms with Crippen molar-refractivity contribution < 1.29 is 14.6 Å². The number of aromatic amines is 1. The topological polar surface area (TPSA) is 111 Å². The van der Waals surface area contributed by atoms with Gasteiger partial charge in [0.15, 0.2) is 11.6 Å². The number of nitrogens with zero attached hydrogens (tertiary/aromatic N) is 5. The third-order valence-corrected chi connectivity index (χ3v) is 4.29. The average molecular weight is 394 g/mol. The van der Waals surface area contributed by atoms with E-state index < -0.39 is 0 Å². The van der Waals surface area contributed by atoms with Crippen molar-refractivity contribution in [3.8, 4) is 29.0 Å². The summed E-state index contributed by atoms with van der Waals surface area (Å²) < 4.78 is 12.8. The van der Waals surface area contributed by atoms with Crippen LogP contribution in [0.2, 0.25) is 0 Å². The molecule has 0 spiro atoms. The number of ether oxygens (including phenoxy) is 2. The molecule has 0 aliphatic rings. The standard InChI is InChI=1S/C20H22N6O3/c1-12(2)29-14-4-5-16-15(8-14)19(25-24-16)20-22-17(9-18(23-20)28-3)26-11-13(6-7-27)10-21-26/h4-5,8-12,27H,6-7H2,1-3H3,(H,24,25). The first-order valence-electron chi connectivity index (χ1n) is 9.30. The van der Waals surface area contributed by atoms with Crippen molar-refractivity contribution in [1.29, 1.82) is 0 Å². The highest BCUT2D eigenvalue weighted by Gasteiger charge is 2.16. The number of fused-ring (bicyclic) bond motifs is 1. The third-order valence-electron chi connectivity index (χ3n) is 4.29. The molecule has 0 radical (unpaired) electrons. The van der Waals surface area contributed by atoms with Gasteiger partial charge in [0.2, 0.25) is 5.88 Å². The van der Waals surface area contributed by atoms with Gasteiger partial charge in [-0.1, -0.05) is 0 Å². The van der Waals surface area contributed by atoms with Crippen molar-refractivity contribution in [1.82, 2.24) is 29.9 Å². The molecule has 0 saturated heterocycles. The fourth-order valence-corrected chi connectivity index (χ4v) is 2.99. The van der Waals surface area contributed by atoms with E-state index in [9.17, 15) is 0 Å². The lowest BCUT2D eigenvalue weighted by Crippen LogP contribution is -2.05. The number of hydrogen-bond acceptors (Lipinski definition) is 7. The largest absolute Gasteiger partial charge is 0.491 e. The number of rotatable bonds is 7. The van der Waals surface area contributed by atoms with Gasteiger partial charge in [0.05, 0.1) is 24.9 Å². The lowest BCUT2D eigenvalue weighted by atomic mass is 10.2. The quantitative estimate of drug-likeness (QED) is 0.495. The zero-order valence-corrected chi connectivity index (χ0v) is 16.5. The highest BCUT2D eigenvalue weighted by Crippen LogP contribution is 2.29. The monoisotopic (exact) mass is 394 g/mol. The summed E-state index contributed by atoms with van der Waals surface area (Å²) in [4.78, 5) is 9.10. The van der Waals surface area contributed by atoms with E-state index in [0.717, 1.165) is 22.2 Å². The third kappa shape index (κ3) is 3.90. The van der Waals surface area contributed by atoms with Gasteiger partial charge >= 0.3 is 0 Å². The summed E-state index contributed by atoms with van der Waals surface area (Å²) in [5, 5.41) is 21.7. The Morgan fingerprint density at radius 3 is 2.83 bits per heavy atom. The molecule has 0 atom stereocenters. The first-order valence-corrected chi connectivity index (χ1v) is 9.30. The molecule has 3 aromatic heterocycles. The zero-order valence-electron chi connectivity index (χ0n) is 16.5. The summed E-state index contributed by atoms with van der Waals surface area (Å²) in [5.41, 5.74) is 2.36. The minimum atomic E-state index is 0.0596. The van der Waals surface area contributed by atoms with Crippen LogP contribution in [-0.2, 0) is 6.42 Å². The molecule has 0 fully saturated rings. The molecule has 4 rings (SSSR count). The lowest BCUT2D eigenvalue weighted by Gasteiger charge is -2.09. The second-order valence-electron chi connectivity index (χ2n) is 6.81. The Morgan fingerprint density at radius 1 is 1.21 bits per heavy atom. The smallest absolute Gasteiger partial charge is 0.218 e. The van der Waals surface area contributed by atoms with Crippen LogP contribution in [0.3, 0.4) is 0 Å². The molecule has 150 valence electrons. The van der Waals surface area contributed by atoms with Gasteiger partial charge in [-0.05, 0) is 44.0 Å². The van der Waals surface area contributed by atoms with E-state index >= 15 is 0 Å². The second kappa shape index (κ2) is 7.88. The summed E-state index contributed by atoms with van der Waals surface area (Å²) in [5.74, 6) is 2.10. The van der Waals surface area contributed by atoms with Gasteiger partial charge in [0.25, 0.3) is 0 Å². The SMILES string of the molecule is COc1cc(-n2cc(CCO)cn2)nc(-c2n[nH]c3ccc(OC(C)C)cc23)n1. The molecule has 0 amide bonds. The van der Waals surface area contributed by atoms with Crippen molar-refractivity contribution in [2.75, 3.05) is 13.7 Å². The highest BCUT2D eigenvalue weighted by molar-refractivity contribution is 5.92. The van der Waals surface area contributed by atoms with E-state index in [2.05, 4.69) is 25.3 Å². The van der Waals surface area contributed by atoms with Gasteiger partial charge in [-0.15, -0.1) is 0 Å². The number of aromatic nitrogens is 6. The van der Waals surface area contributed by atoms with E-state index in [4.69, 9.17) is 14.6 Å². The number of hydrogen-bond donors (Lipinski definition) is 2. The minimum absolute atomic E-state index is 0.0596. The summed E-state index contributed by atoms with van der Waals surface area (Å²) in [6.45, 7) is 4.02. The lowest BCUT2D eigenvalue weighted by molar-refractivity contribution is 0.243. The Kier molecular flexibility index (Phi) is 5.13. The van der Waals surface area contributed by atoms with Crippen LogP contribution in [0.25, 0.3) is 28.2 Å². The van der Waals surface area contributed by atoms with Gasteiger partial charge < -0.3 is 14.6 Å². The predicted octanol–water partition coefficient (Wildman–Crippen LogP) is 2.54. The fraction of sp³-hybridized carbons (Fsp3) is 0.300. The first-order chi connectivity index (χ1) is 14.1. The fourth-order valence-electron chi connectivity index (χ4n) is 2.99. The average Bonchev–Trinajstić information content (AvgIpc) is 3.34. The van der Waals surface area contributed by atoms with Crippen molar-refractivity contribution in [3.05, 3.63) is 42.2 Å². The Morgan fingerprint density at radius 2 is 2.07 bits per heavy atom. The number of aliphatic hydroxyl groups is 1. The maximum atomic E-state index is 9.12. The van der Waals surface area contributed by atoms with Gasteiger partial charge in [0.1, 0.15) is 11.4 Å². The second-order valence-corrected chi connectivity index (χ2v) is 6.81. The van der Waals surface area contributed by atoms with Gasteiger partial charge in [-0.3, -0.25) is 5.10 Å². The molecule has 3 heterocycles. The maximum absolute atomic E-state index is 9.12. The van der Waals surface area contributed by atoms with Crippen molar-refractivity contribution >= 4 is 10.9 Å². The van der Waals surface area contributed by atoms with E-state index in [0.29, 0.717) is 29.6 Å². The van der Waals surface area contributed by atoms with Crippen LogP contribution in [0.1, 0.15) is 19.4 Å². The Balaban J connectivity index is 1.79. The molecular formula is C20H22N6O3. The van der Waals surface area contributed by atoms with Crippen LogP contribution in [0, 0.1) is 0 Å². The molecule has 1 aromatic carbocycles. The molecule has 0 saturated carbocycles. The number of methoxy groups -OCH3 is 1. The molecule has 0 aliphatic carbocycles. The molecular weight excluding hydrogens is 372 g/mol. The highest BCUT2D eigenvalue weighted by atomic mass is 16.5. The summed E-state index contributed by atoms with van der Waals surface area (Å²) in [6.07, 6.45) is 4.11. The normalized spacial score (nSPS) is 11.3. The number of benzene rings is 1. The van der Waals surface area contributed by atoms with Crippen LogP contribution < -0.4 is 9.47 Å². The van der Waals surface area contributed by atoms with E-state index in [1.165, 1.54) is 0 Å². The van der Waals surface area contributed by atoms with Crippen LogP contribution in [-0.4, -0.2) is 54.9 Å². The zero-order chi connectivity index (χ0) is 20.4. The Bertz CT molecular complexity index is 1130. The minimum Gasteiger partial charge on any atom is -0.491 e. The van der Waals surface area contributed by atoms with Crippen molar-refractivity contribution in [2.45, 2.75) is 26.4 Å². The molecule has 29 heavy (non-hydrogen) atoms. The van der Waals surface area contributed by atoms with Crippen LogP contribution in [0.15, 0.2) is 36.7 Å². The van der Waals surface area contributed by atoms with Gasteiger partial charge in [0, 0.05) is 24.3 Å². The summed E-state index contributed by atoms with van der Waals surface area (Å²) >= 11 is 0. The molecule has 4 aromatic rings. The summed E-state index contributed by atoms with van der Waals surface area (Å²) in [6, 6.07) is 7.43. The van der Waals surface area contributed by atoms with Crippen LogP contribution in [0.4, 0.5) is 0 Å². The van der Waals surface area contributed by atoms with E-state index in [-0.39, 0.29) is 12.7 Å². The number of aliphatic hydroxyl groups excluding tert-OH is 1. The van der Waals surface area contributed by atoms with Crippen LogP contribution in [0.5, 0.6) is 11.6 Å². The Labute approximate surface area is 167 Å². The van der Waals surface area contributed by atoms with Gasteiger partial charge in [-0.25, -0.2) is 9.67 Å². The van der Waals surface area contributed by atoms with E-state index in [1.807, 2.05) is 38.2 Å². The van der Waals surface area contributed by atoms with Crippen molar-refractivity contribution in [2.24, 2.45) is 0 Å². The molecule has 2 N–H and O–H groups in total. The predicted molar refractivity (Wildman–Crippen MR) is 107 cm³/mol. The summed E-state index contributed by atoms with van der Waals surface area (Å²) in [7, 11) is 1.55.